The standard InChI is InChI=1S/C16H24N2/c1-2-7-16(13-8-10-17-11-9-13)14(4-1)12-18-15-5-3-6-15/h1-2,4,7,13,15,17-18H,3,5-6,8-12H2. The highest BCUT2D eigenvalue weighted by molar-refractivity contribution is 5.31. The molecule has 0 aromatic heterocycles. The first-order valence-electron chi connectivity index (χ1n) is 7.45. The number of hydrogen-bond acceptors (Lipinski definition) is 2. The monoisotopic (exact) mass is 244 g/mol. The fraction of sp³-hybridized carbons (Fsp3) is 0.625. The predicted octanol–water partition coefficient (Wildman–Crippen LogP) is 2.80. The average molecular weight is 244 g/mol. The van der Waals surface area contributed by atoms with Crippen LogP contribution < -0.4 is 10.6 Å². The minimum Gasteiger partial charge on any atom is -0.317 e. The van der Waals surface area contributed by atoms with Crippen molar-refractivity contribution in [3.63, 3.8) is 0 Å². The van der Waals surface area contributed by atoms with Crippen LogP contribution in [0.1, 0.15) is 49.1 Å². The van der Waals surface area contributed by atoms with E-state index in [-0.39, 0.29) is 0 Å². The zero-order valence-electron chi connectivity index (χ0n) is 11.1. The van der Waals surface area contributed by atoms with E-state index in [2.05, 4.69) is 34.9 Å². The van der Waals surface area contributed by atoms with Crippen LogP contribution in [0.4, 0.5) is 0 Å². The Hall–Kier alpha value is -0.860. The van der Waals surface area contributed by atoms with E-state index in [0.29, 0.717) is 0 Å². The smallest absolute Gasteiger partial charge is 0.0210 e. The number of benzene rings is 1. The fourth-order valence-corrected chi connectivity index (χ4v) is 3.09. The first-order chi connectivity index (χ1) is 8.93. The van der Waals surface area contributed by atoms with Crippen LogP contribution in [0.2, 0.25) is 0 Å². The molecule has 3 rings (SSSR count). The lowest BCUT2D eigenvalue weighted by Crippen LogP contribution is -2.35. The van der Waals surface area contributed by atoms with E-state index >= 15 is 0 Å². The lowest BCUT2D eigenvalue weighted by Gasteiger charge is -2.29. The third kappa shape index (κ3) is 2.76. The molecular weight excluding hydrogens is 220 g/mol. The molecule has 98 valence electrons. The molecule has 1 aromatic rings. The van der Waals surface area contributed by atoms with Crippen LogP contribution in [0, 0.1) is 0 Å². The van der Waals surface area contributed by atoms with Gasteiger partial charge in [0.15, 0.2) is 0 Å². The zero-order valence-corrected chi connectivity index (χ0v) is 11.1. The summed E-state index contributed by atoms with van der Waals surface area (Å²) in [5.74, 6) is 0.769. The summed E-state index contributed by atoms with van der Waals surface area (Å²) in [4.78, 5) is 0. The van der Waals surface area contributed by atoms with Gasteiger partial charge >= 0.3 is 0 Å². The number of nitrogens with one attached hydrogen (secondary N) is 2. The molecule has 0 bridgehead atoms. The van der Waals surface area contributed by atoms with Gasteiger partial charge in [-0.15, -0.1) is 0 Å². The molecule has 0 atom stereocenters. The van der Waals surface area contributed by atoms with E-state index in [1.165, 1.54) is 50.8 Å². The Bertz CT molecular complexity index is 378. The van der Waals surface area contributed by atoms with Gasteiger partial charge in [-0.1, -0.05) is 30.7 Å². The molecule has 0 radical (unpaired) electrons. The maximum atomic E-state index is 3.70. The fourth-order valence-electron chi connectivity index (χ4n) is 3.09. The molecule has 2 nitrogen and oxygen atoms in total. The molecule has 0 amide bonds. The van der Waals surface area contributed by atoms with E-state index in [1.54, 1.807) is 5.56 Å². The number of rotatable bonds is 4. The molecule has 1 aromatic carbocycles. The van der Waals surface area contributed by atoms with Crippen molar-refractivity contribution in [2.45, 2.75) is 50.6 Å². The van der Waals surface area contributed by atoms with Gasteiger partial charge in [-0.3, -0.25) is 0 Å². The first kappa shape index (κ1) is 12.2. The maximum absolute atomic E-state index is 3.70. The Labute approximate surface area is 110 Å². The average Bonchev–Trinajstić information content (AvgIpc) is 2.39. The van der Waals surface area contributed by atoms with Crippen molar-refractivity contribution in [1.82, 2.24) is 10.6 Å². The van der Waals surface area contributed by atoms with E-state index < -0.39 is 0 Å². The Morgan fingerprint density at radius 2 is 1.83 bits per heavy atom. The molecule has 1 aliphatic carbocycles. The second kappa shape index (κ2) is 5.85. The topological polar surface area (TPSA) is 24.1 Å². The van der Waals surface area contributed by atoms with Gasteiger partial charge in [0.05, 0.1) is 0 Å². The summed E-state index contributed by atoms with van der Waals surface area (Å²) in [6.45, 7) is 3.41. The van der Waals surface area contributed by atoms with Gasteiger partial charge in [0.25, 0.3) is 0 Å². The first-order valence-corrected chi connectivity index (χ1v) is 7.45. The van der Waals surface area contributed by atoms with Crippen molar-refractivity contribution < 1.29 is 0 Å². The van der Waals surface area contributed by atoms with Gasteiger partial charge in [0.1, 0.15) is 0 Å². The summed E-state index contributed by atoms with van der Waals surface area (Å²) in [5.41, 5.74) is 3.11. The van der Waals surface area contributed by atoms with Crippen molar-refractivity contribution in [2.24, 2.45) is 0 Å². The van der Waals surface area contributed by atoms with Gasteiger partial charge in [0, 0.05) is 12.6 Å². The van der Waals surface area contributed by atoms with Crippen LogP contribution in [0.15, 0.2) is 24.3 Å². The van der Waals surface area contributed by atoms with E-state index in [1.807, 2.05) is 0 Å². The van der Waals surface area contributed by atoms with Gasteiger partial charge in [-0.25, -0.2) is 0 Å². The Morgan fingerprint density at radius 3 is 2.56 bits per heavy atom. The number of piperidine rings is 1. The third-order valence-electron chi connectivity index (χ3n) is 4.52. The lowest BCUT2D eigenvalue weighted by atomic mass is 9.86. The van der Waals surface area contributed by atoms with Crippen LogP contribution >= 0.6 is 0 Å². The van der Waals surface area contributed by atoms with Gasteiger partial charge in [0.2, 0.25) is 0 Å². The molecule has 1 aliphatic heterocycles. The molecule has 1 saturated carbocycles. The van der Waals surface area contributed by atoms with Crippen molar-refractivity contribution in [3.8, 4) is 0 Å². The second-order valence-electron chi connectivity index (χ2n) is 5.73. The summed E-state index contributed by atoms with van der Waals surface area (Å²) in [6, 6.07) is 9.81. The molecule has 18 heavy (non-hydrogen) atoms. The SMILES string of the molecule is c1ccc(C2CCNCC2)c(CNC2CCC2)c1. The summed E-state index contributed by atoms with van der Waals surface area (Å²) >= 11 is 0. The minimum atomic E-state index is 0.769. The van der Waals surface area contributed by atoms with Crippen molar-refractivity contribution in [1.29, 1.82) is 0 Å². The van der Waals surface area contributed by atoms with E-state index in [0.717, 1.165) is 18.5 Å². The van der Waals surface area contributed by atoms with Crippen molar-refractivity contribution in [2.75, 3.05) is 13.1 Å². The van der Waals surface area contributed by atoms with Gasteiger partial charge in [-0.05, 0) is 55.8 Å². The number of hydrogen-bond donors (Lipinski definition) is 2. The Balaban J connectivity index is 1.67. The largest absolute Gasteiger partial charge is 0.317 e. The zero-order chi connectivity index (χ0) is 12.2. The molecule has 0 unspecified atom stereocenters. The molecule has 0 spiro atoms. The quantitative estimate of drug-likeness (QED) is 0.851. The van der Waals surface area contributed by atoms with Gasteiger partial charge in [-0.2, -0.15) is 0 Å². The minimum absolute atomic E-state index is 0.769. The van der Waals surface area contributed by atoms with Gasteiger partial charge < -0.3 is 10.6 Å². The molecular formula is C16H24N2. The summed E-state index contributed by atoms with van der Waals surface area (Å²) in [7, 11) is 0. The molecule has 2 heteroatoms. The van der Waals surface area contributed by atoms with Crippen molar-refractivity contribution in [3.05, 3.63) is 35.4 Å². The Morgan fingerprint density at radius 1 is 1.06 bits per heavy atom. The normalized spacial score (nSPS) is 21.8. The lowest BCUT2D eigenvalue weighted by molar-refractivity contribution is 0.337. The van der Waals surface area contributed by atoms with Crippen LogP contribution in [-0.4, -0.2) is 19.1 Å². The molecule has 1 saturated heterocycles. The highest BCUT2D eigenvalue weighted by atomic mass is 14.9. The summed E-state index contributed by atoms with van der Waals surface area (Å²) in [5, 5.41) is 7.16. The van der Waals surface area contributed by atoms with E-state index in [9.17, 15) is 0 Å². The predicted molar refractivity (Wildman–Crippen MR) is 75.8 cm³/mol. The van der Waals surface area contributed by atoms with Crippen molar-refractivity contribution >= 4 is 0 Å². The van der Waals surface area contributed by atoms with Crippen LogP contribution in [-0.2, 0) is 6.54 Å². The maximum Gasteiger partial charge on any atom is 0.0210 e. The molecule has 2 fully saturated rings. The molecule has 2 N–H and O–H groups in total. The highest BCUT2D eigenvalue weighted by Gasteiger charge is 2.20. The highest BCUT2D eigenvalue weighted by Crippen LogP contribution is 2.28. The van der Waals surface area contributed by atoms with Crippen LogP contribution in [0.5, 0.6) is 0 Å². The third-order valence-corrected chi connectivity index (χ3v) is 4.52. The Kier molecular flexibility index (Phi) is 3.96. The molecule has 2 aliphatic rings. The second-order valence-corrected chi connectivity index (χ2v) is 5.73. The van der Waals surface area contributed by atoms with Crippen LogP contribution in [0.3, 0.4) is 0 Å². The van der Waals surface area contributed by atoms with E-state index in [4.69, 9.17) is 0 Å². The van der Waals surface area contributed by atoms with Crippen LogP contribution in [0.25, 0.3) is 0 Å². The summed E-state index contributed by atoms with van der Waals surface area (Å²) < 4.78 is 0. The summed E-state index contributed by atoms with van der Waals surface area (Å²) in [6.07, 6.45) is 6.74. The molecule has 1 heterocycles.